The Hall–Kier alpha value is -1.52. The van der Waals surface area contributed by atoms with E-state index in [4.69, 9.17) is 14.2 Å². The van der Waals surface area contributed by atoms with Gasteiger partial charge in [0.05, 0.1) is 20.3 Å². The lowest BCUT2D eigenvalue weighted by molar-refractivity contribution is 0.170. The van der Waals surface area contributed by atoms with Crippen LogP contribution in [0.4, 0.5) is 0 Å². The second-order valence-corrected chi connectivity index (χ2v) is 5.14. The summed E-state index contributed by atoms with van der Waals surface area (Å²) in [5.74, 6) is 1.73. The zero-order chi connectivity index (χ0) is 15.7. The highest BCUT2D eigenvalue weighted by atomic mass is 16.5. The second-order valence-electron chi connectivity index (χ2n) is 5.14. The van der Waals surface area contributed by atoms with Crippen LogP contribution >= 0.6 is 0 Å². The largest absolute Gasteiger partial charge is 0.493 e. The molecule has 0 amide bonds. The molecule has 0 aromatic heterocycles. The van der Waals surface area contributed by atoms with Crippen LogP contribution in [0.5, 0.6) is 11.5 Å². The maximum Gasteiger partial charge on any atom is 0.161 e. The summed E-state index contributed by atoms with van der Waals surface area (Å²) >= 11 is 0. The predicted molar refractivity (Wildman–Crippen MR) is 84.9 cm³/mol. The summed E-state index contributed by atoms with van der Waals surface area (Å²) in [7, 11) is 3.30. The van der Waals surface area contributed by atoms with Gasteiger partial charge >= 0.3 is 0 Å². The molecule has 1 aromatic carbocycles. The van der Waals surface area contributed by atoms with Gasteiger partial charge in [0, 0.05) is 20.1 Å². The Balaban J connectivity index is 2.88. The van der Waals surface area contributed by atoms with E-state index < -0.39 is 0 Å². The SMILES string of the molecule is COCCCOc1cc(/C=C(/CO)C(C)C)ccc1OC. The molecule has 4 nitrogen and oxygen atoms in total. The molecular formula is C17H26O4. The fourth-order valence-corrected chi connectivity index (χ4v) is 1.89. The molecule has 0 spiro atoms. The number of rotatable bonds is 9. The molecule has 1 N–H and O–H groups in total. The van der Waals surface area contributed by atoms with Gasteiger partial charge in [0.2, 0.25) is 0 Å². The average molecular weight is 294 g/mol. The molecule has 21 heavy (non-hydrogen) atoms. The maximum absolute atomic E-state index is 9.39. The molecule has 0 unspecified atom stereocenters. The Morgan fingerprint density at radius 2 is 1.95 bits per heavy atom. The standard InChI is InChI=1S/C17H26O4/c1-13(2)15(12-18)10-14-6-7-16(20-4)17(11-14)21-9-5-8-19-3/h6-7,10-11,13,18H,5,8-9,12H2,1-4H3/b15-10-. The van der Waals surface area contributed by atoms with Crippen molar-refractivity contribution in [2.45, 2.75) is 20.3 Å². The number of methoxy groups -OCH3 is 2. The lowest BCUT2D eigenvalue weighted by atomic mass is 10.0. The van der Waals surface area contributed by atoms with Gasteiger partial charge in [-0.1, -0.05) is 26.0 Å². The van der Waals surface area contributed by atoms with Crippen LogP contribution in [0.3, 0.4) is 0 Å². The van der Waals surface area contributed by atoms with Crippen molar-refractivity contribution in [1.29, 1.82) is 0 Å². The van der Waals surface area contributed by atoms with E-state index in [1.807, 2.05) is 24.3 Å². The summed E-state index contributed by atoms with van der Waals surface area (Å²) in [6.07, 6.45) is 2.82. The molecule has 0 saturated heterocycles. The Kier molecular flexibility index (Phi) is 7.87. The van der Waals surface area contributed by atoms with Crippen LogP contribution in [0.25, 0.3) is 6.08 Å². The number of aliphatic hydroxyl groups excluding tert-OH is 1. The molecule has 1 rings (SSSR count). The summed E-state index contributed by atoms with van der Waals surface area (Å²) in [6, 6.07) is 5.77. The molecule has 1 aromatic rings. The molecule has 0 aliphatic carbocycles. The molecule has 118 valence electrons. The Morgan fingerprint density at radius 1 is 1.19 bits per heavy atom. The first-order valence-corrected chi connectivity index (χ1v) is 7.23. The number of hydrogen-bond donors (Lipinski definition) is 1. The molecule has 0 heterocycles. The zero-order valence-electron chi connectivity index (χ0n) is 13.4. The van der Waals surface area contributed by atoms with Crippen molar-refractivity contribution in [2.75, 3.05) is 34.0 Å². The third-order valence-electron chi connectivity index (χ3n) is 3.21. The first kappa shape index (κ1) is 17.5. The summed E-state index contributed by atoms with van der Waals surface area (Å²) in [4.78, 5) is 0. The average Bonchev–Trinajstić information content (AvgIpc) is 2.49. The minimum absolute atomic E-state index is 0.0632. The molecule has 0 fully saturated rings. The van der Waals surface area contributed by atoms with Gasteiger partial charge in [0.1, 0.15) is 0 Å². The quantitative estimate of drug-likeness (QED) is 0.711. The van der Waals surface area contributed by atoms with Gasteiger partial charge in [0.15, 0.2) is 11.5 Å². The van der Waals surface area contributed by atoms with Gasteiger partial charge in [-0.05, 0) is 29.2 Å². The van der Waals surface area contributed by atoms with Crippen LogP contribution in [0.1, 0.15) is 25.8 Å². The van der Waals surface area contributed by atoms with Crippen LogP contribution in [0.2, 0.25) is 0 Å². The molecule has 0 aliphatic rings. The molecule has 0 bridgehead atoms. The van der Waals surface area contributed by atoms with Crippen molar-refractivity contribution in [2.24, 2.45) is 5.92 Å². The van der Waals surface area contributed by atoms with Crippen LogP contribution in [-0.4, -0.2) is 39.1 Å². The fraction of sp³-hybridized carbons (Fsp3) is 0.529. The van der Waals surface area contributed by atoms with Crippen LogP contribution in [-0.2, 0) is 4.74 Å². The van der Waals surface area contributed by atoms with E-state index in [0.717, 1.165) is 17.6 Å². The summed E-state index contributed by atoms with van der Waals surface area (Å²) in [5, 5.41) is 9.39. The highest BCUT2D eigenvalue weighted by Crippen LogP contribution is 2.29. The molecule has 0 aliphatic heterocycles. The number of aliphatic hydroxyl groups is 1. The smallest absolute Gasteiger partial charge is 0.161 e. The zero-order valence-corrected chi connectivity index (χ0v) is 13.4. The van der Waals surface area contributed by atoms with E-state index in [-0.39, 0.29) is 6.61 Å². The molecule has 0 atom stereocenters. The minimum Gasteiger partial charge on any atom is -0.493 e. The molecule has 4 heteroatoms. The van der Waals surface area contributed by atoms with E-state index >= 15 is 0 Å². The van der Waals surface area contributed by atoms with E-state index in [1.54, 1.807) is 14.2 Å². The first-order valence-electron chi connectivity index (χ1n) is 7.23. The first-order chi connectivity index (χ1) is 10.1. The van der Waals surface area contributed by atoms with Crippen LogP contribution < -0.4 is 9.47 Å². The highest BCUT2D eigenvalue weighted by molar-refractivity contribution is 5.58. The third kappa shape index (κ3) is 5.78. The van der Waals surface area contributed by atoms with Gasteiger partial charge in [-0.25, -0.2) is 0 Å². The van der Waals surface area contributed by atoms with Crippen molar-refractivity contribution >= 4 is 6.08 Å². The monoisotopic (exact) mass is 294 g/mol. The van der Waals surface area contributed by atoms with E-state index in [9.17, 15) is 5.11 Å². The molecule has 0 saturated carbocycles. The Bertz CT molecular complexity index is 452. The van der Waals surface area contributed by atoms with Crippen molar-refractivity contribution in [3.05, 3.63) is 29.3 Å². The second kappa shape index (κ2) is 9.42. The lowest BCUT2D eigenvalue weighted by Crippen LogP contribution is -2.03. The predicted octanol–water partition coefficient (Wildman–Crippen LogP) is 3.14. The van der Waals surface area contributed by atoms with Gasteiger partial charge in [-0.15, -0.1) is 0 Å². The minimum atomic E-state index is 0.0632. The van der Waals surface area contributed by atoms with Crippen LogP contribution in [0, 0.1) is 5.92 Å². The molecule has 0 radical (unpaired) electrons. The van der Waals surface area contributed by atoms with E-state index in [2.05, 4.69) is 13.8 Å². The van der Waals surface area contributed by atoms with Gasteiger partial charge < -0.3 is 19.3 Å². The van der Waals surface area contributed by atoms with Gasteiger partial charge in [-0.3, -0.25) is 0 Å². The van der Waals surface area contributed by atoms with E-state index in [0.29, 0.717) is 30.6 Å². The van der Waals surface area contributed by atoms with Gasteiger partial charge in [-0.2, -0.15) is 0 Å². The van der Waals surface area contributed by atoms with Gasteiger partial charge in [0.25, 0.3) is 0 Å². The van der Waals surface area contributed by atoms with Crippen molar-refractivity contribution < 1.29 is 19.3 Å². The highest BCUT2D eigenvalue weighted by Gasteiger charge is 2.07. The normalized spacial score (nSPS) is 11.8. The number of ether oxygens (including phenoxy) is 3. The Labute approximate surface area is 127 Å². The summed E-state index contributed by atoms with van der Waals surface area (Å²) in [6.45, 7) is 5.44. The number of benzene rings is 1. The maximum atomic E-state index is 9.39. The fourth-order valence-electron chi connectivity index (χ4n) is 1.89. The number of hydrogen-bond acceptors (Lipinski definition) is 4. The van der Waals surface area contributed by atoms with Crippen molar-refractivity contribution in [1.82, 2.24) is 0 Å². The van der Waals surface area contributed by atoms with E-state index in [1.165, 1.54) is 0 Å². The molecular weight excluding hydrogens is 268 g/mol. The third-order valence-corrected chi connectivity index (χ3v) is 3.21. The van der Waals surface area contributed by atoms with Crippen molar-refractivity contribution in [3.8, 4) is 11.5 Å². The van der Waals surface area contributed by atoms with Crippen LogP contribution in [0.15, 0.2) is 23.8 Å². The Morgan fingerprint density at radius 3 is 2.52 bits per heavy atom. The topological polar surface area (TPSA) is 47.9 Å². The summed E-state index contributed by atoms with van der Waals surface area (Å²) in [5.41, 5.74) is 1.99. The lowest BCUT2D eigenvalue weighted by Gasteiger charge is -2.12. The summed E-state index contributed by atoms with van der Waals surface area (Å²) < 4.78 is 16.1. The van der Waals surface area contributed by atoms with Crippen molar-refractivity contribution in [3.63, 3.8) is 0 Å².